The molecule has 0 aromatic heterocycles. The monoisotopic (exact) mass is 428 g/mol. The summed E-state index contributed by atoms with van der Waals surface area (Å²) in [5.74, 6) is 0. The van der Waals surface area contributed by atoms with Crippen LogP contribution in [0, 0.1) is 35.6 Å². The van der Waals surface area contributed by atoms with Crippen molar-refractivity contribution in [3.05, 3.63) is 0 Å². The molecular formula is BiLaO2Ti. The topological polar surface area (TPSA) is 57.0 Å². The van der Waals surface area contributed by atoms with E-state index in [2.05, 4.69) is 0 Å². The zero-order chi connectivity index (χ0) is 0. The minimum Gasteiger partial charge on any atom is -2.00 e. The van der Waals surface area contributed by atoms with Crippen LogP contribution in [0.1, 0.15) is 0 Å². The Morgan fingerprint density at radius 1 is 0.800 bits per heavy atom. The minimum absolute atomic E-state index is 0. The van der Waals surface area contributed by atoms with E-state index in [-0.39, 0.29) is 94.5 Å². The zero-order valence-electron chi connectivity index (χ0n) is 2.34. The van der Waals surface area contributed by atoms with Crippen LogP contribution >= 0.6 is 0 Å². The summed E-state index contributed by atoms with van der Waals surface area (Å²) >= 11 is 0. The molecule has 0 aliphatic carbocycles. The van der Waals surface area contributed by atoms with Crippen LogP contribution in [0.5, 0.6) is 0 Å². The summed E-state index contributed by atoms with van der Waals surface area (Å²) in [6.07, 6.45) is 0. The molecule has 0 saturated heterocycles. The molecule has 0 aromatic rings. The van der Waals surface area contributed by atoms with E-state index in [0.717, 1.165) is 0 Å². The Morgan fingerprint density at radius 3 is 0.800 bits per heavy atom. The largest absolute Gasteiger partial charge is 4.00 e. The molecule has 0 N–H and O–H groups in total. The molecule has 0 amide bonds. The second kappa shape index (κ2) is 29.8. The smallest absolute Gasteiger partial charge is 2.00 e. The van der Waals surface area contributed by atoms with Crippen molar-refractivity contribution in [3.63, 3.8) is 0 Å². The molecule has 0 bridgehead atoms. The van der Waals surface area contributed by atoms with E-state index in [1.165, 1.54) is 0 Å². The van der Waals surface area contributed by atoms with E-state index in [4.69, 9.17) is 0 Å². The minimum atomic E-state index is 0. The van der Waals surface area contributed by atoms with Gasteiger partial charge in [-0.2, -0.15) is 0 Å². The van der Waals surface area contributed by atoms with Gasteiger partial charge < -0.3 is 11.0 Å². The molecule has 4 radical (unpaired) electrons. The van der Waals surface area contributed by atoms with E-state index in [1.807, 2.05) is 0 Å². The van der Waals surface area contributed by atoms with Crippen molar-refractivity contribution in [2.75, 3.05) is 0 Å². The summed E-state index contributed by atoms with van der Waals surface area (Å²) in [6.45, 7) is 0. The van der Waals surface area contributed by atoms with E-state index < -0.39 is 0 Å². The van der Waals surface area contributed by atoms with E-state index in [0.29, 0.717) is 0 Å². The van der Waals surface area contributed by atoms with Crippen LogP contribution in [-0.4, -0.2) is 26.2 Å². The second-order valence-electron chi connectivity index (χ2n) is 0. The summed E-state index contributed by atoms with van der Waals surface area (Å²) in [6, 6.07) is 0. The van der Waals surface area contributed by atoms with Crippen molar-refractivity contribution >= 4 is 26.2 Å². The Bertz CT molecular complexity index is 9.61. The Morgan fingerprint density at radius 2 is 0.800 bits per heavy atom. The summed E-state index contributed by atoms with van der Waals surface area (Å²) in [5, 5.41) is 0. The van der Waals surface area contributed by atoms with Crippen LogP contribution in [0.25, 0.3) is 0 Å². The van der Waals surface area contributed by atoms with Crippen LogP contribution in [0.15, 0.2) is 0 Å². The predicted octanol–water partition coefficient (Wildman–Crippen LogP) is -0.621. The number of hydrogen-bond acceptors (Lipinski definition) is 0. The summed E-state index contributed by atoms with van der Waals surface area (Å²) < 4.78 is 0. The normalized spacial score (nSPS) is 0. The molecule has 2 nitrogen and oxygen atoms in total. The van der Waals surface area contributed by atoms with Crippen molar-refractivity contribution in [2.24, 2.45) is 0 Å². The molecule has 5 heteroatoms. The molecule has 0 atom stereocenters. The van der Waals surface area contributed by atoms with Crippen LogP contribution in [0.3, 0.4) is 0 Å². The predicted molar refractivity (Wildman–Crippen MR) is 7.13 cm³/mol. The van der Waals surface area contributed by atoms with Gasteiger partial charge in [-0.05, 0) is 0 Å². The van der Waals surface area contributed by atoms with Gasteiger partial charge in [-0.25, -0.2) is 0 Å². The van der Waals surface area contributed by atoms with Crippen molar-refractivity contribution in [2.45, 2.75) is 0 Å². The first-order chi connectivity index (χ1) is 0. The first-order valence-corrected chi connectivity index (χ1v) is 0. The molecule has 0 aliphatic rings. The van der Waals surface area contributed by atoms with Gasteiger partial charge >= 0.3 is 21.7 Å². The average Bonchev–Trinajstić information content (AvgIpc) is 0. The molecule has 0 rings (SSSR count). The molecule has 24 valence electrons. The third kappa shape index (κ3) is 20.3. The van der Waals surface area contributed by atoms with Crippen LogP contribution in [0.2, 0.25) is 0 Å². The van der Waals surface area contributed by atoms with Gasteiger partial charge in [0.25, 0.3) is 0 Å². The van der Waals surface area contributed by atoms with Gasteiger partial charge in [-0.1, -0.05) is 0 Å². The Kier molecular flexibility index (Phi) is 281. The maximum absolute atomic E-state index is 0. The first-order valence-electron chi connectivity index (χ1n) is 0. The van der Waals surface area contributed by atoms with Gasteiger partial charge in [0.05, 0.1) is 0 Å². The molecule has 0 spiro atoms. The molecule has 0 fully saturated rings. The van der Waals surface area contributed by atoms with E-state index >= 15 is 0 Å². The van der Waals surface area contributed by atoms with Gasteiger partial charge in [0, 0.05) is 61.8 Å². The zero-order valence-corrected chi connectivity index (χ0v) is 11.0. The van der Waals surface area contributed by atoms with E-state index in [1.54, 1.807) is 0 Å². The Hall–Kier alpha value is 2.71. The number of rotatable bonds is 0. The van der Waals surface area contributed by atoms with Crippen molar-refractivity contribution in [3.8, 4) is 0 Å². The second-order valence-corrected chi connectivity index (χ2v) is 0. The van der Waals surface area contributed by atoms with Crippen molar-refractivity contribution < 1.29 is 68.3 Å². The standard InChI is InChI=1S/Bi.La.2O.Ti/q;;2*-2;+4. The fourth-order valence-corrected chi connectivity index (χ4v) is 0. The van der Waals surface area contributed by atoms with Gasteiger partial charge in [0.1, 0.15) is 0 Å². The quantitative estimate of drug-likeness (QED) is 0.463. The molecule has 0 heterocycles. The molecule has 0 unspecified atom stereocenters. The van der Waals surface area contributed by atoms with Gasteiger partial charge in [0.2, 0.25) is 0 Å². The Labute approximate surface area is 92.7 Å². The summed E-state index contributed by atoms with van der Waals surface area (Å²) in [7, 11) is 0. The van der Waals surface area contributed by atoms with Gasteiger partial charge in [-0.15, -0.1) is 0 Å². The molecule has 0 aliphatic heterocycles. The third-order valence-electron chi connectivity index (χ3n) is 0. The van der Waals surface area contributed by atoms with Gasteiger partial charge in [-0.3, -0.25) is 0 Å². The molecule has 0 aromatic carbocycles. The third-order valence-corrected chi connectivity index (χ3v) is 0. The molecule has 0 saturated carbocycles. The molecular weight excluding hydrogens is 428 g/mol. The summed E-state index contributed by atoms with van der Waals surface area (Å²) in [5.41, 5.74) is 0. The Balaban J connectivity index is 0. The maximum atomic E-state index is 0. The van der Waals surface area contributed by atoms with Crippen LogP contribution < -0.4 is 0 Å². The van der Waals surface area contributed by atoms with Gasteiger partial charge in [0.15, 0.2) is 0 Å². The van der Waals surface area contributed by atoms with Crippen LogP contribution in [0.4, 0.5) is 0 Å². The van der Waals surface area contributed by atoms with Crippen LogP contribution in [-0.2, 0) is 32.7 Å². The summed E-state index contributed by atoms with van der Waals surface area (Å²) in [4.78, 5) is 0. The SMILES string of the molecule is [Bi].[La].[O-2].[O-2].[Ti+4]. The first kappa shape index (κ1) is 47.2. The molecule has 5 heavy (non-hydrogen) atoms. The fraction of sp³-hybridized carbons (Fsp3) is 0. The number of hydrogen-bond donors (Lipinski definition) is 0. The fourth-order valence-electron chi connectivity index (χ4n) is 0. The van der Waals surface area contributed by atoms with E-state index in [9.17, 15) is 0 Å². The average molecular weight is 428 g/mol. The maximum Gasteiger partial charge on any atom is 4.00 e. The van der Waals surface area contributed by atoms with Crippen molar-refractivity contribution in [1.82, 2.24) is 0 Å². The van der Waals surface area contributed by atoms with Crippen molar-refractivity contribution in [1.29, 1.82) is 0 Å².